The summed E-state index contributed by atoms with van der Waals surface area (Å²) < 4.78 is 0. The van der Waals surface area contributed by atoms with E-state index in [-0.39, 0.29) is 5.91 Å². The van der Waals surface area contributed by atoms with E-state index in [4.69, 9.17) is 5.73 Å². The maximum Gasteiger partial charge on any atom is 0.264 e. The van der Waals surface area contributed by atoms with Crippen LogP contribution in [-0.4, -0.2) is 22.3 Å². The average molecular weight is 309 g/mol. The molecule has 20 heavy (non-hydrogen) atoms. The summed E-state index contributed by atoms with van der Waals surface area (Å²) in [6.45, 7) is 4.92. The number of hydrogen-bond donors (Lipinski definition) is 2. The van der Waals surface area contributed by atoms with Crippen molar-refractivity contribution in [3.05, 3.63) is 28.1 Å². The van der Waals surface area contributed by atoms with Crippen LogP contribution >= 0.6 is 22.7 Å². The fourth-order valence-electron chi connectivity index (χ4n) is 1.51. The second-order valence-corrected chi connectivity index (χ2v) is 6.80. The molecule has 0 radical (unpaired) electrons. The van der Waals surface area contributed by atoms with Crippen molar-refractivity contribution < 1.29 is 9.59 Å². The number of primary amides is 1. The number of carbonyl (C=O) groups excluding carboxylic acids is 2. The van der Waals surface area contributed by atoms with E-state index in [1.54, 1.807) is 32.1 Å². The maximum atomic E-state index is 12.2. The zero-order valence-electron chi connectivity index (χ0n) is 11.4. The smallest absolute Gasteiger partial charge is 0.264 e. The second kappa shape index (κ2) is 5.34. The zero-order valence-corrected chi connectivity index (χ0v) is 13.0. The fraction of sp³-hybridized carbons (Fsp3) is 0.308. The third-order valence-corrected chi connectivity index (χ3v) is 4.97. The summed E-state index contributed by atoms with van der Waals surface area (Å²) in [6.07, 6.45) is 0. The molecule has 0 aliphatic heterocycles. The number of aryl methyl sites for hydroxylation is 1. The van der Waals surface area contributed by atoms with Crippen molar-refractivity contribution in [2.75, 3.05) is 0 Å². The highest BCUT2D eigenvalue weighted by atomic mass is 32.1. The molecule has 0 saturated heterocycles. The largest absolute Gasteiger partial charge is 0.368 e. The molecule has 0 spiro atoms. The first-order chi connectivity index (χ1) is 9.31. The van der Waals surface area contributed by atoms with E-state index in [2.05, 4.69) is 10.3 Å². The van der Waals surface area contributed by atoms with Crippen molar-refractivity contribution in [3.63, 3.8) is 0 Å². The van der Waals surface area contributed by atoms with Crippen LogP contribution in [0.1, 0.15) is 29.2 Å². The topological polar surface area (TPSA) is 85.1 Å². The first-order valence-corrected chi connectivity index (χ1v) is 7.64. The van der Waals surface area contributed by atoms with E-state index in [1.165, 1.54) is 11.3 Å². The molecule has 2 heterocycles. The molecule has 0 atom stereocenters. The molecule has 3 N–H and O–H groups in total. The van der Waals surface area contributed by atoms with Crippen LogP contribution in [0.5, 0.6) is 0 Å². The Hall–Kier alpha value is -1.73. The summed E-state index contributed by atoms with van der Waals surface area (Å²) in [7, 11) is 0. The highest BCUT2D eigenvalue weighted by molar-refractivity contribution is 7.22. The van der Waals surface area contributed by atoms with Gasteiger partial charge in [0.15, 0.2) is 0 Å². The first kappa shape index (κ1) is 14.7. The van der Waals surface area contributed by atoms with Crippen LogP contribution in [0.25, 0.3) is 9.88 Å². The fourth-order valence-corrected chi connectivity index (χ4v) is 3.27. The van der Waals surface area contributed by atoms with Crippen molar-refractivity contribution in [1.29, 1.82) is 0 Å². The summed E-state index contributed by atoms with van der Waals surface area (Å²) in [5.41, 5.74) is 4.82. The predicted molar refractivity (Wildman–Crippen MR) is 80.9 cm³/mol. The minimum absolute atomic E-state index is 0.327. The maximum absolute atomic E-state index is 12.2. The van der Waals surface area contributed by atoms with Crippen molar-refractivity contribution in [3.8, 4) is 9.88 Å². The van der Waals surface area contributed by atoms with Crippen molar-refractivity contribution in [1.82, 2.24) is 10.3 Å². The summed E-state index contributed by atoms with van der Waals surface area (Å²) in [4.78, 5) is 29.4. The number of carbonyl (C=O) groups is 2. The molecule has 0 aliphatic rings. The zero-order chi connectivity index (χ0) is 14.9. The molecule has 7 heteroatoms. The van der Waals surface area contributed by atoms with Gasteiger partial charge in [0, 0.05) is 0 Å². The number of thiazole rings is 1. The molecule has 5 nitrogen and oxygen atoms in total. The molecule has 0 unspecified atom stereocenters. The monoisotopic (exact) mass is 309 g/mol. The van der Waals surface area contributed by atoms with Gasteiger partial charge in [0.05, 0.1) is 10.6 Å². The minimum Gasteiger partial charge on any atom is -0.368 e. The normalized spacial score (nSPS) is 11.3. The predicted octanol–water partition coefficient (Wildman–Crippen LogP) is 2.17. The lowest BCUT2D eigenvalue weighted by Crippen LogP contribution is -2.52. The summed E-state index contributed by atoms with van der Waals surface area (Å²) in [5.74, 6) is -0.905. The minimum atomic E-state index is -1.09. The van der Waals surface area contributed by atoms with Gasteiger partial charge in [-0.1, -0.05) is 6.07 Å². The van der Waals surface area contributed by atoms with Gasteiger partial charge < -0.3 is 11.1 Å². The molecule has 0 bridgehead atoms. The summed E-state index contributed by atoms with van der Waals surface area (Å²) in [5, 5.41) is 5.40. The van der Waals surface area contributed by atoms with E-state index >= 15 is 0 Å². The van der Waals surface area contributed by atoms with E-state index in [9.17, 15) is 9.59 Å². The molecule has 2 rings (SSSR count). The molecule has 0 aliphatic carbocycles. The quantitative estimate of drug-likeness (QED) is 0.907. The van der Waals surface area contributed by atoms with Crippen LogP contribution in [0, 0.1) is 6.92 Å². The molecule has 2 aromatic heterocycles. The van der Waals surface area contributed by atoms with Crippen LogP contribution in [0.3, 0.4) is 0 Å². The molecular formula is C13H15N3O2S2. The molecule has 106 valence electrons. The Morgan fingerprint density at radius 2 is 2.10 bits per heavy atom. The van der Waals surface area contributed by atoms with Crippen LogP contribution in [0.15, 0.2) is 17.5 Å². The van der Waals surface area contributed by atoms with Gasteiger partial charge in [-0.05, 0) is 32.2 Å². The average Bonchev–Trinajstić information content (AvgIpc) is 2.96. The van der Waals surface area contributed by atoms with E-state index in [1.807, 2.05) is 17.5 Å². The number of nitrogens with one attached hydrogen (secondary N) is 1. The molecule has 2 aromatic rings. The Morgan fingerprint density at radius 1 is 1.40 bits per heavy atom. The van der Waals surface area contributed by atoms with Gasteiger partial charge >= 0.3 is 0 Å². The Kier molecular flexibility index (Phi) is 3.92. The van der Waals surface area contributed by atoms with Gasteiger partial charge in [0.2, 0.25) is 5.91 Å². The number of amides is 2. The Balaban J connectivity index is 2.26. The SMILES string of the molecule is Cc1nc(-c2cccs2)sc1C(=O)NC(C)(C)C(N)=O. The lowest BCUT2D eigenvalue weighted by atomic mass is 10.1. The number of thiophene rings is 1. The van der Waals surface area contributed by atoms with Gasteiger partial charge in [-0.15, -0.1) is 22.7 Å². The van der Waals surface area contributed by atoms with E-state index < -0.39 is 11.4 Å². The van der Waals surface area contributed by atoms with Crippen molar-refractivity contribution >= 4 is 34.5 Å². The lowest BCUT2D eigenvalue weighted by Gasteiger charge is -2.21. The van der Waals surface area contributed by atoms with Gasteiger partial charge in [0.25, 0.3) is 5.91 Å². The second-order valence-electron chi connectivity index (χ2n) is 4.85. The van der Waals surface area contributed by atoms with E-state index in [0.29, 0.717) is 10.6 Å². The molecule has 0 aromatic carbocycles. The Morgan fingerprint density at radius 3 is 2.65 bits per heavy atom. The van der Waals surface area contributed by atoms with Gasteiger partial charge in [-0.2, -0.15) is 0 Å². The first-order valence-electron chi connectivity index (χ1n) is 5.95. The van der Waals surface area contributed by atoms with Crippen molar-refractivity contribution in [2.24, 2.45) is 5.73 Å². The van der Waals surface area contributed by atoms with Crippen LogP contribution in [0.4, 0.5) is 0 Å². The standard InChI is InChI=1S/C13H15N3O2S2/c1-7-9(10(17)16-13(2,3)12(14)18)20-11(15-7)8-5-4-6-19-8/h4-6H,1-3H3,(H2,14,18)(H,16,17). The number of nitrogens with zero attached hydrogens (tertiary/aromatic N) is 1. The third kappa shape index (κ3) is 2.88. The number of hydrogen-bond acceptors (Lipinski definition) is 5. The summed E-state index contributed by atoms with van der Waals surface area (Å²) in [6, 6.07) is 3.89. The number of rotatable bonds is 4. The van der Waals surface area contributed by atoms with Gasteiger partial charge in [-0.3, -0.25) is 9.59 Å². The third-order valence-electron chi connectivity index (χ3n) is 2.78. The van der Waals surface area contributed by atoms with Crippen molar-refractivity contribution in [2.45, 2.75) is 26.3 Å². The highest BCUT2D eigenvalue weighted by Gasteiger charge is 2.29. The lowest BCUT2D eigenvalue weighted by molar-refractivity contribution is -0.122. The van der Waals surface area contributed by atoms with E-state index in [0.717, 1.165) is 9.88 Å². The summed E-state index contributed by atoms with van der Waals surface area (Å²) >= 11 is 2.88. The van der Waals surface area contributed by atoms with Crippen LogP contribution in [0.2, 0.25) is 0 Å². The Bertz CT molecular complexity index is 645. The van der Waals surface area contributed by atoms with Crippen LogP contribution in [-0.2, 0) is 4.79 Å². The van der Waals surface area contributed by atoms with Gasteiger partial charge in [-0.25, -0.2) is 4.98 Å². The molecular weight excluding hydrogens is 294 g/mol. The highest BCUT2D eigenvalue weighted by Crippen LogP contribution is 2.31. The molecule has 0 saturated carbocycles. The molecule has 0 fully saturated rings. The molecule has 2 amide bonds. The van der Waals surface area contributed by atoms with Gasteiger partial charge in [0.1, 0.15) is 15.4 Å². The Labute approximate surface area is 124 Å². The van der Waals surface area contributed by atoms with Crippen LogP contribution < -0.4 is 11.1 Å². The number of aromatic nitrogens is 1. The number of nitrogens with two attached hydrogens (primary N) is 1.